The summed E-state index contributed by atoms with van der Waals surface area (Å²) in [5, 5.41) is 0. The molecule has 3 rings (SSSR count). The van der Waals surface area contributed by atoms with Crippen molar-refractivity contribution < 1.29 is 4.79 Å². The molecular weight excluding hydrogens is 280 g/mol. The van der Waals surface area contributed by atoms with Crippen molar-refractivity contribution in [3.05, 3.63) is 35.9 Å². The van der Waals surface area contributed by atoms with Gasteiger partial charge in [0.25, 0.3) is 0 Å². The standard InChI is InChI=1S/C17H24N2OS/c20-17-9-15(13-21)11-19(17)16-7-4-8-18(12-16)10-14-5-2-1-3-6-14/h1-3,5-6,15-16,21H,4,7-13H2/t15?,16-/m1/s1. The fourth-order valence-electron chi connectivity index (χ4n) is 3.55. The molecule has 0 aliphatic carbocycles. The average Bonchev–Trinajstić information content (AvgIpc) is 2.90. The molecule has 1 amide bonds. The van der Waals surface area contributed by atoms with Crippen LogP contribution in [0.25, 0.3) is 0 Å². The summed E-state index contributed by atoms with van der Waals surface area (Å²) < 4.78 is 0. The molecule has 1 unspecified atom stereocenters. The maximum atomic E-state index is 12.2. The van der Waals surface area contributed by atoms with Crippen molar-refractivity contribution in [1.82, 2.24) is 9.80 Å². The summed E-state index contributed by atoms with van der Waals surface area (Å²) in [6.07, 6.45) is 3.03. The second-order valence-electron chi connectivity index (χ2n) is 6.32. The average molecular weight is 304 g/mol. The zero-order valence-electron chi connectivity index (χ0n) is 12.4. The molecule has 114 valence electrons. The molecule has 2 aliphatic heterocycles. The Labute approximate surface area is 132 Å². The molecule has 2 aliphatic rings. The number of hydrogen-bond donors (Lipinski definition) is 1. The molecule has 3 nitrogen and oxygen atoms in total. The van der Waals surface area contributed by atoms with E-state index in [4.69, 9.17) is 0 Å². The third-order valence-electron chi connectivity index (χ3n) is 4.67. The van der Waals surface area contributed by atoms with Crippen LogP contribution in [0.4, 0.5) is 0 Å². The predicted molar refractivity (Wildman–Crippen MR) is 88.4 cm³/mol. The van der Waals surface area contributed by atoms with Crippen molar-refractivity contribution in [1.29, 1.82) is 0 Å². The van der Waals surface area contributed by atoms with Crippen LogP contribution in [0.15, 0.2) is 30.3 Å². The molecule has 21 heavy (non-hydrogen) atoms. The lowest BCUT2D eigenvalue weighted by Crippen LogP contribution is -2.48. The van der Waals surface area contributed by atoms with Gasteiger partial charge in [-0.15, -0.1) is 0 Å². The van der Waals surface area contributed by atoms with Crippen LogP contribution in [-0.4, -0.2) is 47.1 Å². The van der Waals surface area contributed by atoms with E-state index in [0.717, 1.165) is 38.4 Å². The molecule has 0 saturated carbocycles. The van der Waals surface area contributed by atoms with Crippen molar-refractivity contribution in [2.75, 3.05) is 25.4 Å². The first-order chi connectivity index (χ1) is 10.3. The van der Waals surface area contributed by atoms with Gasteiger partial charge in [0.1, 0.15) is 0 Å². The number of hydrogen-bond acceptors (Lipinski definition) is 3. The smallest absolute Gasteiger partial charge is 0.223 e. The number of likely N-dealkylation sites (tertiary alicyclic amines) is 2. The number of carbonyl (C=O) groups is 1. The van der Waals surface area contributed by atoms with E-state index >= 15 is 0 Å². The van der Waals surface area contributed by atoms with E-state index in [0.29, 0.717) is 24.3 Å². The monoisotopic (exact) mass is 304 g/mol. The number of carbonyl (C=O) groups excluding carboxylic acids is 1. The summed E-state index contributed by atoms with van der Waals surface area (Å²) in [7, 11) is 0. The van der Waals surface area contributed by atoms with E-state index in [1.807, 2.05) is 0 Å². The molecule has 0 bridgehead atoms. The van der Waals surface area contributed by atoms with Crippen LogP contribution in [-0.2, 0) is 11.3 Å². The molecule has 1 aromatic rings. The maximum absolute atomic E-state index is 12.2. The molecule has 2 heterocycles. The Bertz CT molecular complexity index is 479. The van der Waals surface area contributed by atoms with Crippen molar-refractivity contribution in [3.8, 4) is 0 Å². The van der Waals surface area contributed by atoms with Gasteiger partial charge in [-0.1, -0.05) is 30.3 Å². The van der Waals surface area contributed by atoms with E-state index < -0.39 is 0 Å². The highest BCUT2D eigenvalue weighted by Gasteiger charge is 2.35. The number of rotatable bonds is 4. The van der Waals surface area contributed by atoms with Crippen LogP contribution in [0.1, 0.15) is 24.8 Å². The van der Waals surface area contributed by atoms with Crippen LogP contribution in [0.2, 0.25) is 0 Å². The van der Waals surface area contributed by atoms with E-state index in [1.165, 1.54) is 12.0 Å². The van der Waals surface area contributed by atoms with Crippen molar-refractivity contribution in [3.63, 3.8) is 0 Å². The Morgan fingerprint density at radius 1 is 1.19 bits per heavy atom. The molecule has 0 spiro atoms. The first-order valence-electron chi connectivity index (χ1n) is 7.93. The third kappa shape index (κ3) is 3.61. The number of thiol groups is 1. The normalized spacial score (nSPS) is 27.3. The first-order valence-corrected chi connectivity index (χ1v) is 8.56. The first kappa shape index (κ1) is 14.9. The van der Waals surface area contributed by atoms with Gasteiger partial charge < -0.3 is 4.90 Å². The van der Waals surface area contributed by atoms with Gasteiger partial charge in [-0.25, -0.2) is 0 Å². The summed E-state index contributed by atoms with van der Waals surface area (Å²) in [5.74, 6) is 1.61. The second-order valence-corrected chi connectivity index (χ2v) is 6.68. The molecule has 2 atom stereocenters. The van der Waals surface area contributed by atoms with Crippen molar-refractivity contribution >= 4 is 18.5 Å². The van der Waals surface area contributed by atoms with Crippen LogP contribution in [0.5, 0.6) is 0 Å². The fraction of sp³-hybridized carbons (Fsp3) is 0.588. The number of amides is 1. The number of nitrogens with zero attached hydrogens (tertiary/aromatic N) is 2. The van der Waals surface area contributed by atoms with Gasteiger partial charge in [-0.3, -0.25) is 9.69 Å². The molecular formula is C17H24N2OS. The van der Waals surface area contributed by atoms with Crippen molar-refractivity contribution in [2.45, 2.75) is 31.8 Å². The molecule has 2 fully saturated rings. The Hall–Kier alpha value is -1.00. The minimum absolute atomic E-state index is 0.334. The van der Waals surface area contributed by atoms with Crippen LogP contribution < -0.4 is 0 Å². The molecule has 4 heteroatoms. The summed E-state index contributed by atoms with van der Waals surface area (Å²) in [6, 6.07) is 11.0. The van der Waals surface area contributed by atoms with Crippen LogP contribution in [0, 0.1) is 5.92 Å². The van der Waals surface area contributed by atoms with Gasteiger partial charge in [0.05, 0.1) is 0 Å². The van der Waals surface area contributed by atoms with Crippen LogP contribution >= 0.6 is 12.6 Å². The molecule has 0 aromatic heterocycles. The molecule has 1 aromatic carbocycles. The molecule has 0 radical (unpaired) electrons. The van der Waals surface area contributed by atoms with E-state index in [-0.39, 0.29) is 0 Å². The van der Waals surface area contributed by atoms with E-state index in [9.17, 15) is 4.79 Å². The lowest BCUT2D eigenvalue weighted by Gasteiger charge is -2.37. The summed E-state index contributed by atoms with van der Waals surface area (Å²) in [5.41, 5.74) is 1.36. The van der Waals surface area contributed by atoms with E-state index in [2.05, 4.69) is 52.8 Å². The van der Waals surface area contributed by atoms with Gasteiger partial charge in [-0.2, -0.15) is 12.6 Å². The minimum Gasteiger partial charge on any atom is -0.338 e. The third-order valence-corrected chi connectivity index (χ3v) is 5.18. The highest BCUT2D eigenvalue weighted by atomic mass is 32.1. The Balaban J connectivity index is 1.59. The Morgan fingerprint density at radius 3 is 2.71 bits per heavy atom. The summed E-state index contributed by atoms with van der Waals surface area (Å²) in [4.78, 5) is 16.8. The molecule has 2 saturated heterocycles. The zero-order chi connectivity index (χ0) is 14.7. The van der Waals surface area contributed by atoms with Crippen molar-refractivity contribution in [2.24, 2.45) is 5.92 Å². The summed E-state index contributed by atoms with van der Waals surface area (Å²) in [6.45, 7) is 4.06. The SMILES string of the molecule is O=C1CC(CS)CN1[C@@H]1CCCN(Cc2ccccc2)C1. The lowest BCUT2D eigenvalue weighted by molar-refractivity contribution is -0.130. The van der Waals surface area contributed by atoms with Crippen LogP contribution in [0.3, 0.4) is 0 Å². The molecule has 0 N–H and O–H groups in total. The fourth-order valence-corrected chi connectivity index (χ4v) is 3.80. The van der Waals surface area contributed by atoms with E-state index in [1.54, 1.807) is 0 Å². The van der Waals surface area contributed by atoms with Gasteiger partial charge >= 0.3 is 0 Å². The Morgan fingerprint density at radius 2 is 2.00 bits per heavy atom. The maximum Gasteiger partial charge on any atom is 0.223 e. The predicted octanol–water partition coefficient (Wildman–Crippen LogP) is 2.43. The minimum atomic E-state index is 0.334. The Kier molecular flexibility index (Phi) is 4.86. The topological polar surface area (TPSA) is 23.6 Å². The van der Waals surface area contributed by atoms with Gasteiger partial charge in [-0.05, 0) is 36.6 Å². The number of benzene rings is 1. The summed E-state index contributed by atoms with van der Waals surface area (Å²) >= 11 is 4.36. The number of piperidine rings is 1. The van der Waals surface area contributed by atoms with Gasteiger partial charge in [0, 0.05) is 32.1 Å². The highest BCUT2D eigenvalue weighted by molar-refractivity contribution is 7.80. The largest absolute Gasteiger partial charge is 0.338 e. The lowest BCUT2D eigenvalue weighted by atomic mass is 10.0. The van der Waals surface area contributed by atoms with Gasteiger partial charge in [0.15, 0.2) is 0 Å². The highest BCUT2D eigenvalue weighted by Crippen LogP contribution is 2.26. The second kappa shape index (κ2) is 6.84. The quantitative estimate of drug-likeness (QED) is 0.864. The zero-order valence-corrected chi connectivity index (χ0v) is 13.3. The van der Waals surface area contributed by atoms with Gasteiger partial charge in [0.2, 0.25) is 5.91 Å².